The predicted molar refractivity (Wildman–Crippen MR) is 177 cm³/mol. The van der Waals surface area contributed by atoms with E-state index in [9.17, 15) is 14.7 Å². The number of carbonyl (C=O) groups is 2. The summed E-state index contributed by atoms with van der Waals surface area (Å²) in [6, 6.07) is 46.2. The number of aliphatic hydroxyl groups is 1. The SMILES string of the molecule is COC(=O)c1cccc(CC[C@H](O)[C@H](COC(c2ccccc2)(c2ccccc2)c2ccccc2)C(=O)OCc2ccccc2)c1. The van der Waals surface area contributed by atoms with Crippen molar-refractivity contribution in [3.63, 3.8) is 0 Å². The van der Waals surface area contributed by atoms with E-state index >= 15 is 0 Å². The van der Waals surface area contributed by atoms with Gasteiger partial charge in [0.1, 0.15) is 18.1 Å². The van der Waals surface area contributed by atoms with E-state index < -0.39 is 29.6 Å². The van der Waals surface area contributed by atoms with Crippen LogP contribution in [0.3, 0.4) is 0 Å². The van der Waals surface area contributed by atoms with Crippen LogP contribution in [0.4, 0.5) is 0 Å². The van der Waals surface area contributed by atoms with Crippen molar-refractivity contribution in [2.45, 2.75) is 31.2 Å². The topological polar surface area (TPSA) is 82.1 Å². The molecule has 0 amide bonds. The second-order valence-corrected chi connectivity index (χ2v) is 11.1. The number of rotatable bonds is 14. The van der Waals surface area contributed by atoms with Crippen molar-refractivity contribution in [1.82, 2.24) is 0 Å². The zero-order chi connectivity index (χ0) is 32.2. The van der Waals surface area contributed by atoms with Gasteiger partial charge in [0.05, 0.1) is 25.4 Å². The second kappa shape index (κ2) is 15.8. The Hall–Kier alpha value is -5.04. The molecular weight excluding hydrogens is 576 g/mol. The molecule has 0 heterocycles. The highest BCUT2D eigenvalue weighted by atomic mass is 16.5. The van der Waals surface area contributed by atoms with Crippen molar-refractivity contribution >= 4 is 11.9 Å². The van der Waals surface area contributed by atoms with Gasteiger partial charge in [-0.1, -0.05) is 133 Å². The smallest absolute Gasteiger partial charge is 0.337 e. The van der Waals surface area contributed by atoms with Gasteiger partial charge in [-0.3, -0.25) is 4.79 Å². The minimum atomic E-state index is -1.09. The number of ether oxygens (including phenoxy) is 3. The van der Waals surface area contributed by atoms with Crippen molar-refractivity contribution in [2.24, 2.45) is 5.92 Å². The summed E-state index contributed by atoms with van der Waals surface area (Å²) in [6.07, 6.45) is -0.422. The predicted octanol–water partition coefficient (Wildman–Crippen LogP) is 7.14. The van der Waals surface area contributed by atoms with E-state index in [2.05, 4.69) is 0 Å². The molecule has 0 fully saturated rings. The zero-order valence-electron chi connectivity index (χ0n) is 25.8. The first-order chi connectivity index (χ1) is 22.5. The van der Waals surface area contributed by atoms with Gasteiger partial charge >= 0.3 is 11.9 Å². The van der Waals surface area contributed by atoms with Crippen molar-refractivity contribution in [3.8, 4) is 0 Å². The molecule has 6 heteroatoms. The molecule has 5 aromatic carbocycles. The Bertz CT molecular complexity index is 1580. The number of benzene rings is 5. The van der Waals surface area contributed by atoms with Crippen LogP contribution in [0.25, 0.3) is 0 Å². The number of carbonyl (C=O) groups excluding carboxylic acids is 2. The fourth-order valence-corrected chi connectivity index (χ4v) is 5.64. The Morgan fingerprint density at radius 2 is 1.17 bits per heavy atom. The molecule has 0 aliphatic carbocycles. The molecule has 0 aromatic heterocycles. The Morgan fingerprint density at radius 1 is 0.674 bits per heavy atom. The van der Waals surface area contributed by atoms with E-state index in [1.165, 1.54) is 7.11 Å². The number of aryl methyl sites for hydroxylation is 1. The number of esters is 2. The van der Waals surface area contributed by atoms with E-state index in [4.69, 9.17) is 14.2 Å². The second-order valence-electron chi connectivity index (χ2n) is 11.1. The average molecular weight is 615 g/mol. The maximum atomic E-state index is 13.8. The Balaban J connectivity index is 1.46. The summed E-state index contributed by atoms with van der Waals surface area (Å²) in [4.78, 5) is 25.8. The summed E-state index contributed by atoms with van der Waals surface area (Å²) in [5.74, 6) is -1.98. The van der Waals surface area contributed by atoms with Gasteiger partial charge in [-0.25, -0.2) is 4.79 Å². The van der Waals surface area contributed by atoms with E-state index in [-0.39, 0.29) is 19.6 Å². The Labute approximate surface area is 270 Å². The third-order valence-corrected chi connectivity index (χ3v) is 8.09. The van der Waals surface area contributed by atoms with E-state index in [1.807, 2.05) is 127 Å². The van der Waals surface area contributed by atoms with Crippen molar-refractivity contribution in [2.75, 3.05) is 13.7 Å². The first-order valence-electron chi connectivity index (χ1n) is 15.4. The number of hydrogen-bond donors (Lipinski definition) is 1. The molecule has 0 unspecified atom stereocenters. The van der Waals surface area contributed by atoms with Crippen LogP contribution in [0.2, 0.25) is 0 Å². The fourth-order valence-electron chi connectivity index (χ4n) is 5.64. The van der Waals surface area contributed by atoms with Crippen LogP contribution >= 0.6 is 0 Å². The molecule has 46 heavy (non-hydrogen) atoms. The standard InChI is InChI=1S/C40H38O6/c1-44-38(42)32-18-14-17-30(27-32)25-26-37(41)36(39(43)45-28-31-15-6-2-7-16-31)29-46-40(33-19-8-3-9-20-33,34-21-10-4-11-22-34)35-23-12-5-13-24-35/h2-24,27,36-37,41H,25-26,28-29H2,1H3/t36-,37-/m0/s1. The molecule has 1 N–H and O–H groups in total. The molecule has 0 bridgehead atoms. The summed E-state index contributed by atoms with van der Waals surface area (Å²) in [7, 11) is 1.34. The van der Waals surface area contributed by atoms with Crippen LogP contribution in [-0.2, 0) is 37.6 Å². The van der Waals surface area contributed by atoms with Gasteiger partial charge in [-0.15, -0.1) is 0 Å². The molecule has 5 aromatic rings. The molecule has 0 aliphatic rings. The summed E-state index contributed by atoms with van der Waals surface area (Å²) < 4.78 is 17.6. The quantitative estimate of drug-likeness (QED) is 0.106. The minimum Gasteiger partial charge on any atom is -0.465 e. The van der Waals surface area contributed by atoms with Gasteiger partial charge in [0.15, 0.2) is 0 Å². The van der Waals surface area contributed by atoms with Crippen molar-refractivity contribution < 1.29 is 28.9 Å². The highest BCUT2D eigenvalue weighted by Crippen LogP contribution is 2.41. The lowest BCUT2D eigenvalue weighted by atomic mass is 9.80. The molecule has 0 aliphatic heterocycles. The van der Waals surface area contributed by atoms with Crippen LogP contribution < -0.4 is 0 Å². The lowest BCUT2D eigenvalue weighted by molar-refractivity contribution is -0.159. The zero-order valence-corrected chi connectivity index (χ0v) is 25.8. The minimum absolute atomic E-state index is 0.0747. The van der Waals surface area contributed by atoms with Gasteiger partial charge in [0.25, 0.3) is 0 Å². The van der Waals surface area contributed by atoms with Crippen LogP contribution in [0, 0.1) is 5.92 Å². The average Bonchev–Trinajstić information content (AvgIpc) is 3.13. The van der Waals surface area contributed by atoms with Gasteiger partial charge < -0.3 is 19.3 Å². The lowest BCUT2D eigenvalue weighted by Gasteiger charge is -2.37. The summed E-state index contributed by atoms with van der Waals surface area (Å²) in [6.45, 7) is -0.0407. The normalized spacial score (nSPS) is 12.6. The van der Waals surface area contributed by atoms with E-state index in [0.29, 0.717) is 12.0 Å². The summed E-state index contributed by atoms with van der Waals surface area (Å²) in [5.41, 5.74) is 3.70. The third kappa shape index (κ3) is 7.78. The molecule has 5 rings (SSSR count). The van der Waals surface area contributed by atoms with Crippen LogP contribution in [0.15, 0.2) is 146 Å². The van der Waals surface area contributed by atoms with Crippen LogP contribution in [0.1, 0.15) is 44.6 Å². The number of hydrogen-bond acceptors (Lipinski definition) is 6. The third-order valence-electron chi connectivity index (χ3n) is 8.09. The first-order valence-corrected chi connectivity index (χ1v) is 15.4. The molecular formula is C40H38O6. The maximum Gasteiger partial charge on any atom is 0.337 e. The van der Waals surface area contributed by atoms with Crippen LogP contribution in [0.5, 0.6) is 0 Å². The van der Waals surface area contributed by atoms with Gasteiger partial charge in [-0.05, 0) is 52.8 Å². The summed E-state index contributed by atoms with van der Waals surface area (Å²) in [5, 5.41) is 11.6. The van der Waals surface area contributed by atoms with Gasteiger partial charge in [0, 0.05) is 0 Å². The number of aliphatic hydroxyl groups excluding tert-OH is 1. The lowest BCUT2D eigenvalue weighted by Crippen LogP contribution is -2.40. The highest BCUT2D eigenvalue weighted by Gasteiger charge is 2.40. The van der Waals surface area contributed by atoms with Gasteiger partial charge in [-0.2, -0.15) is 0 Å². The van der Waals surface area contributed by atoms with Crippen LogP contribution in [-0.4, -0.2) is 36.9 Å². The monoisotopic (exact) mass is 614 g/mol. The largest absolute Gasteiger partial charge is 0.465 e. The van der Waals surface area contributed by atoms with Crippen molar-refractivity contribution in [3.05, 3.63) is 179 Å². The molecule has 0 spiro atoms. The Morgan fingerprint density at radius 3 is 1.70 bits per heavy atom. The number of methoxy groups -OCH3 is 1. The molecule has 6 nitrogen and oxygen atoms in total. The Kier molecular flexibility index (Phi) is 11.1. The van der Waals surface area contributed by atoms with E-state index in [0.717, 1.165) is 27.8 Å². The van der Waals surface area contributed by atoms with Crippen molar-refractivity contribution in [1.29, 1.82) is 0 Å². The molecule has 0 radical (unpaired) electrons. The molecule has 2 atom stereocenters. The molecule has 0 saturated heterocycles. The van der Waals surface area contributed by atoms with E-state index in [1.54, 1.807) is 18.2 Å². The fraction of sp³-hybridized carbons (Fsp3) is 0.200. The summed E-state index contributed by atoms with van der Waals surface area (Å²) >= 11 is 0. The van der Waals surface area contributed by atoms with Gasteiger partial charge in [0.2, 0.25) is 0 Å². The highest BCUT2D eigenvalue weighted by molar-refractivity contribution is 5.89. The molecule has 0 saturated carbocycles. The first kappa shape index (κ1) is 32.4. The maximum absolute atomic E-state index is 13.8. The molecule has 234 valence electrons.